The Morgan fingerprint density at radius 1 is 1.10 bits per heavy atom. The highest BCUT2D eigenvalue weighted by Crippen LogP contribution is 2.34. The van der Waals surface area contributed by atoms with Gasteiger partial charge in [-0.3, -0.25) is 4.79 Å². The Morgan fingerprint density at radius 2 is 2.00 bits per heavy atom. The van der Waals surface area contributed by atoms with Gasteiger partial charge in [0.15, 0.2) is 0 Å². The fraction of sp³-hybridized carbons (Fsp3) is 0.0625. The summed E-state index contributed by atoms with van der Waals surface area (Å²) in [7, 11) is 0. The van der Waals surface area contributed by atoms with Crippen LogP contribution in [0.1, 0.15) is 11.6 Å². The third-order valence-electron chi connectivity index (χ3n) is 3.71. The van der Waals surface area contributed by atoms with E-state index in [0.29, 0.717) is 11.3 Å². The molecule has 1 aromatic heterocycles. The van der Waals surface area contributed by atoms with E-state index in [1.54, 1.807) is 6.07 Å². The molecule has 2 heterocycles. The SMILES string of the molecule is O=C1Nc2ccc(F)cc2C1Nc1ccc2[nH]ccc2c1. The van der Waals surface area contributed by atoms with Crippen molar-refractivity contribution in [2.45, 2.75) is 6.04 Å². The normalized spacial score (nSPS) is 16.8. The molecule has 1 aliphatic heterocycles. The molecule has 104 valence electrons. The second kappa shape index (κ2) is 4.34. The molecule has 3 aromatic rings. The summed E-state index contributed by atoms with van der Waals surface area (Å²) in [6.45, 7) is 0. The van der Waals surface area contributed by atoms with E-state index in [-0.39, 0.29) is 11.7 Å². The maximum Gasteiger partial charge on any atom is 0.251 e. The number of halogens is 1. The van der Waals surface area contributed by atoms with Gasteiger partial charge in [0.25, 0.3) is 5.91 Å². The number of carbonyl (C=O) groups excluding carboxylic acids is 1. The number of amides is 1. The lowest BCUT2D eigenvalue weighted by Crippen LogP contribution is -2.19. The molecule has 1 atom stereocenters. The Balaban J connectivity index is 1.70. The van der Waals surface area contributed by atoms with Gasteiger partial charge >= 0.3 is 0 Å². The molecular weight excluding hydrogens is 269 g/mol. The minimum Gasteiger partial charge on any atom is -0.370 e. The quantitative estimate of drug-likeness (QED) is 0.674. The lowest BCUT2D eigenvalue weighted by Gasteiger charge is -2.13. The number of carbonyl (C=O) groups is 1. The van der Waals surface area contributed by atoms with Crippen molar-refractivity contribution in [1.29, 1.82) is 0 Å². The lowest BCUT2D eigenvalue weighted by molar-refractivity contribution is -0.116. The standard InChI is InChI=1S/C16H12FN3O/c17-10-1-3-14-12(8-10)15(16(21)20-14)19-11-2-4-13-9(7-11)5-6-18-13/h1-8,15,18-19H,(H,20,21). The summed E-state index contributed by atoms with van der Waals surface area (Å²) in [5, 5.41) is 6.97. The van der Waals surface area contributed by atoms with Gasteiger partial charge in [-0.2, -0.15) is 0 Å². The minimum absolute atomic E-state index is 0.176. The maximum absolute atomic E-state index is 13.4. The maximum atomic E-state index is 13.4. The molecule has 1 amide bonds. The van der Waals surface area contributed by atoms with Gasteiger partial charge in [-0.05, 0) is 42.5 Å². The minimum atomic E-state index is -0.577. The molecular formula is C16H12FN3O. The van der Waals surface area contributed by atoms with E-state index in [1.165, 1.54) is 12.1 Å². The predicted molar refractivity (Wildman–Crippen MR) is 79.7 cm³/mol. The van der Waals surface area contributed by atoms with Crippen molar-refractivity contribution in [2.75, 3.05) is 10.6 Å². The summed E-state index contributed by atoms with van der Waals surface area (Å²) in [4.78, 5) is 15.2. The highest BCUT2D eigenvalue weighted by Gasteiger charge is 2.30. The van der Waals surface area contributed by atoms with E-state index in [2.05, 4.69) is 15.6 Å². The van der Waals surface area contributed by atoms with Crippen LogP contribution in [-0.2, 0) is 4.79 Å². The molecule has 0 spiro atoms. The number of hydrogen-bond donors (Lipinski definition) is 3. The second-order valence-corrected chi connectivity index (χ2v) is 5.08. The van der Waals surface area contributed by atoms with Crippen LogP contribution in [0.5, 0.6) is 0 Å². The van der Waals surface area contributed by atoms with Gasteiger partial charge in [-0.15, -0.1) is 0 Å². The van der Waals surface area contributed by atoms with Gasteiger partial charge < -0.3 is 15.6 Å². The van der Waals surface area contributed by atoms with Crippen LogP contribution in [0.25, 0.3) is 10.9 Å². The highest BCUT2D eigenvalue weighted by molar-refractivity contribution is 6.04. The molecule has 0 fully saturated rings. The van der Waals surface area contributed by atoms with Crippen LogP contribution in [0, 0.1) is 5.82 Å². The van der Waals surface area contributed by atoms with E-state index in [9.17, 15) is 9.18 Å². The van der Waals surface area contributed by atoms with Crippen molar-refractivity contribution in [3.8, 4) is 0 Å². The van der Waals surface area contributed by atoms with Crippen LogP contribution >= 0.6 is 0 Å². The van der Waals surface area contributed by atoms with Crippen molar-refractivity contribution >= 4 is 28.2 Å². The predicted octanol–water partition coefficient (Wildman–Crippen LogP) is 3.41. The van der Waals surface area contributed by atoms with Gasteiger partial charge in [-0.1, -0.05) is 0 Å². The highest BCUT2D eigenvalue weighted by atomic mass is 19.1. The van der Waals surface area contributed by atoms with Crippen molar-refractivity contribution in [3.05, 3.63) is 60.0 Å². The Bertz CT molecular complexity index is 856. The van der Waals surface area contributed by atoms with Gasteiger partial charge in [0, 0.05) is 34.0 Å². The summed E-state index contributed by atoms with van der Waals surface area (Å²) in [5.74, 6) is -0.525. The Hall–Kier alpha value is -2.82. The number of hydrogen-bond acceptors (Lipinski definition) is 2. The number of aromatic nitrogens is 1. The molecule has 0 radical (unpaired) electrons. The monoisotopic (exact) mass is 281 g/mol. The van der Waals surface area contributed by atoms with E-state index in [1.807, 2.05) is 30.5 Å². The van der Waals surface area contributed by atoms with E-state index in [4.69, 9.17) is 0 Å². The molecule has 4 rings (SSSR count). The Kier molecular flexibility index (Phi) is 2.47. The smallest absolute Gasteiger partial charge is 0.251 e. The molecule has 0 saturated heterocycles. The number of nitrogens with one attached hydrogen (secondary N) is 3. The topological polar surface area (TPSA) is 56.9 Å². The van der Waals surface area contributed by atoms with Crippen LogP contribution in [0.2, 0.25) is 0 Å². The summed E-state index contributed by atoms with van der Waals surface area (Å²) < 4.78 is 13.4. The van der Waals surface area contributed by atoms with Crippen LogP contribution in [0.3, 0.4) is 0 Å². The van der Waals surface area contributed by atoms with Crippen LogP contribution in [0.4, 0.5) is 15.8 Å². The number of H-pyrrole nitrogens is 1. The first-order valence-corrected chi connectivity index (χ1v) is 6.65. The summed E-state index contributed by atoms with van der Waals surface area (Å²) in [5.41, 5.74) is 3.14. The van der Waals surface area contributed by atoms with Gasteiger partial charge in [-0.25, -0.2) is 4.39 Å². The molecule has 1 aliphatic rings. The number of aromatic amines is 1. The van der Waals surface area contributed by atoms with Crippen molar-refractivity contribution in [2.24, 2.45) is 0 Å². The Morgan fingerprint density at radius 3 is 2.90 bits per heavy atom. The first-order valence-electron chi connectivity index (χ1n) is 6.65. The number of rotatable bonds is 2. The zero-order chi connectivity index (χ0) is 14.4. The average molecular weight is 281 g/mol. The molecule has 3 N–H and O–H groups in total. The molecule has 0 aliphatic carbocycles. The zero-order valence-corrected chi connectivity index (χ0v) is 11.0. The molecule has 0 bridgehead atoms. The second-order valence-electron chi connectivity index (χ2n) is 5.08. The van der Waals surface area contributed by atoms with Crippen molar-refractivity contribution in [1.82, 2.24) is 4.98 Å². The van der Waals surface area contributed by atoms with Gasteiger partial charge in [0.1, 0.15) is 11.9 Å². The molecule has 5 heteroatoms. The summed E-state index contributed by atoms with van der Waals surface area (Å²) in [6.07, 6.45) is 1.86. The fourth-order valence-electron chi connectivity index (χ4n) is 2.69. The zero-order valence-electron chi connectivity index (χ0n) is 11.0. The van der Waals surface area contributed by atoms with Gasteiger partial charge in [0.2, 0.25) is 0 Å². The van der Waals surface area contributed by atoms with Crippen molar-refractivity contribution < 1.29 is 9.18 Å². The molecule has 0 saturated carbocycles. The average Bonchev–Trinajstić information content (AvgIpc) is 3.04. The molecule has 21 heavy (non-hydrogen) atoms. The first kappa shape index (κ1) is 12.0. The largest absolute Gasteiger partial charge is 0.370 e. The fourth-order valence-corrected chi connectivity index (χ4v) is 2.69. The molecule has 1 unspecified atom stereocenters. The van der Waals surface area contributed by atoms with Crippen molar-refractivity contribution in [3.63, 3.8) is 0 Å². The molecule has 2 aromatic carbocycles. The van der Waals surface area contributed by atoms with E-state index >= 15 is 0 Å². The van der Waals surface area contributed by atoms with Crippen LogP contribution in [-0.4, -0.2) is 10.9 Å². The van der Waals surface area contributed by atoms with Crippen LogP contribution in [0.15, 0.2) is 48.7 Å². The summed E-state index contributed by atoms with van der Waals surface area (Å²) >= 11 is 0. The molecule has 4 nitrogen and oxygen atoms in total. The van der Waals surface area contributed by atoms with Crippen LogP contribution < -0.4 is 10.6 Å². The third kappa shape index (κ3) is 1.94. The van der Waals surface area contributed by atoms with E-state index in [0.717, 1.165) is 16.6 Å². The lowest BCUT2D eigenvalue weighted by atomic mass is 10.1. The number of fused-ring (bicyclic) bond motifs is 2. The number of anilines is 2. The number of benzene rings is 2. The summed E-state index contributed by atoms with van der Waals surface area (Å²) in [6, 6.07) is 11.5. The first-order chi connectivity index (χ1) is 10.2. The Labute approximate surface area is 120 Å². The van der Waals surface area contributed by atoms with E-state index < -0.39 is 6.04 Å². The third-order valence-corrected chi connectivity index (χ3v) is 3.71. The van der Waals surface area contributed by atoms with Gasteiger partial charge in [0.05, 0.1) is 0 Å².